The second-order valence-corrected chi connectivity index (χ2v) is 5.15. The van der Waals surface area contributed by atoms with Gasteiger partial charge in [0.05, 0.1) is 6.61 Å². The molecule has 1 fully saturated rings. The van der Waals surface area contributed by atoms with Gasteiger partial charge in [0, 0.05) is 31.1 Å². The first-order valence-corrected chi connectivity index (χ1v) is 7.19. The first-order valence-electron chi connectivity index (χ1n) is 7.19. The molecule has 2 rings (SSSR count). The smallest absolute Gasteiger partial charge is 0.227 e. The van der Waals surface area contributed by atoms with Crippen LogP contribution in [0.3, 0.4) is 0 Å². The van der Waals surface area contributed by atoms with E-state index in [1.165, 1.54) is 0 Å². The standard InChI is InChI=1S/C16H21NO3/c1-13(18)6-2-3-11-20-15-8-4-7-14(12-15)17-10-5-9-16(17)19/h4,7-8,12H,2-3,5-6,9-11H2,1H3. The van der Waals surface area contributed by atoms with Gasteiger partial charge in [0.2, 0.25) is 5.91 Å². The lowest BCUT2D eigenvalue weighted by Gasteiger charge is -2.16. The maximum Gasteiger partial charge on any atom is 0.227 e. The van der Waals surface area contributed by atoms with Crippen LogP contribution in [0.15, 0.2) is 24.3 Å². The maximum absolute atomic E-state index is 11.7. The fourth-order valence-electron chi connectivity index (χ4n) is 2.33. The van der Waals surface area contributed by atoms with Gasteiger partial charge < -0.3 is 14.4 Å². The molecular formula is C16H21NO3. The first-order chi connectivity index (χ1) is 9.66. The van der Waals surface area contributed by atoms with Crippen molar-refractivity contribution in [3.8, 4) is 5.75 Å². The van der Waals surface area contributed by atoms with Crippen LogP contribution >= 0.6 is 0 Å². The molecule has 4 heteroatoms. The number of Topliss-reactive ketones (excluding diaryl/α,β-unsaturated/α-hetero) is 1. The van der Waals surface area contributed by atoms with E-state index in [1.807, 2.05) is 29.2 Å². The van der Waals surface area contributed by atoms with Crippen molar-refractivity contribution < 1.29 is 14.3 Å². The SMILES string of the molecule is CC(=O)CCCCOc1cccc(N2CCCC2=O)c1. The highest BCUT2D eigenvalue weighted by Crippen LogP contribution is 2.25. The number of nitrogens with zero attached hydrogens (tertiary/aromatic N) is 1. The van der Waals surface area contributed by atoms with Crippen LogP contribution in [0.25, 0.3) is 0 Å². The number of hydrogen-bond donors (Lipinski definition) is 0. The number of benzene rings is 1. The highest BCUT2D eigenvalue weighted by Gasteiger charge is 2.21. The summed E-state index contributed by atoms with van der Waals surface area (Å²) in [5.41, 5.74) is 0.911. The summed E-state index contributed by atoms with van der Waals surface area (Å²) < 4.78 is 5.67. The van der Waals surface area contributed by atoms with E-state index in [2.05, 4.69) is 0 Å². The fraction of sp³-hybridized carbons (Fsp3) is 0.500. The number of unbranched alkanes of at least 4 members (excludes halogenated alkanes) is 1. The number of amides is 1. The first kappa shape index (κ1) is 14.6. The van der Waals surface area contributed by atoms with Crippen LogP contribution in [0, 0.1) is 0 Å². The van der Waals surface area contributed by atoms with E-state index in [1.54, 1.807) is 6.92 Å². The van der Waals surface area contributed by atoms with Crippen LogP contribution in [0.5, 0.6) is 5.75 Å². The van der Waals surface area contributed by atoms with Gasteiger partial charge in [-0.15, -0.1) is 0 Å². The molecule has 1 aromatic rings. The largest absolute Gasteiger partial charge is 0.494 e. The molecule has 1 saturated heterocycles. The molecular weight excluding hydrogens is 254 g/mol. The molecule has 1 aliphatic heterocycles. The molecule has 0 aromatic heterocycles. The van der Waals surface area contributed by atoms with Crippen molar-refractivity contribution in [1.82, 2.24) is 0 Å². The van der Waals surface area contributed by atoms with Gasteiger partial charge in [-0.25, -0.2) is 0 Å². The molecule has 1 aliphatic rings. The predicted octanol–water partition coefficient (Wildman–Crippen LogP) is 2.95. The van der Waals surface area contributed by atoms with Crippen molar-refractivity contribution in [2.45, 2.75) is 39.0 Å². The number of ketones is 1. The normalized spacial score (nSPS) is 14.7. The zero-order chi connectivity index (χ0) is 14.4. The lowest BCUT2D eigenvalue weighted by atomic mass is 10.2. The highest BCUT2D eigenvalue weighted by atomic mass is 16.5. The molecule has 0 spiro atoms. The lowest BCUT2D eigenvalue weighted by Crippen LogP contribution is -2.23. The summed E-state index contributed by atoms with van der Waals surface area (Å²) in [6, 6.07) is 7.65. The van der Waals surface area contributed by atoms with Crippen LogP contribution in [0.2, 0.25) is 0 Å². The summed E-state index contributed by atoms with van der Waals surface area (Å²) >= 11 is 0. The van der Waals surface area contributed by atoms with E-state index in [0.29, 0.717) is 19.4 Å². The van der Waals surface area contributed by atoms with Crippen molar-refractivity contribution >= 4 is 17.4 Å². The average molecular weight is 275 g/mol. The summed E-state index contributed by atoms with van der Waals surface area (Å²) in [5.74, 6) is 1.19. The number of hydrogen-bond acceptors (Lipinski definition) is 3. The van der Waals surface area contributed by atoms with E-state index in [0.717, 1.165) is 37.2 Å². The Bertz CT molecular complexity index is 484. The summed E-state index contributed by atoms with van der Waals surface area (Å²) in [6.45, 7) is 3.00. The van der Waals surface area contributed by atoms with E-state index >= 15 is 0 Å². The number of carbonyl (C=O) groups is 2. The molecule has 108 valence electrons. The zero-order valence-electron chi connectivity index (χ0n) is 11.9. The maximum atomic E-state index is 11.7. The highest BCUT2D eigenvalue weighted by molar-refractivity contribution is 5.95. The van der Waals surface area contributed by atoms with Crippen molar-refractivity contribution in [2.24, 2.45) is 0 Å². The molecule has 1 amide bonds. The Kier molecular flexibility index (Phi) is 5.16. The van der Waals surface area contributed by atoms with E-state index in [-0.39, 0.29) is 11.7 Å². The van der Waals surface area contributed by atoms with Crippen molar-refractivity contribution in [3.05, 3.63) is 24.3 Å². The minimum absolute atomic E-state index is 0.184. The fourth-order valence-corrected chi connectivity index (χ4v) is 2.33. The predicted molar refractivity (Wildman–Crippen MR) is 78.1 cm³/mol. The molecule has 0 radical (unpaired) electrons. The molecule has 0 atom stereocenters. The second kappa shape index (κ2) is 7.08. The molecule has 0 unspecified atom stereocenters. The van der Waals surface area contributed by atoms with E-state index in [4.69, 9.17) is 4.74 Å². The van der Waals surface area contributed by atoms with Gasteiger partial charge >= 0.3 is 0 Å². The van der Waals surface area contributed by atoms with Crippen LogP contribution < -0.4 is 9.64 Å². The molecule has 0 aliphatic carbocycles. The zero-order valence-corrected chi connectivity index (χ0v) is 11.9. The molecule has 0 bridgehead atoms. The topological polar surface area (TPSA) is 46.6 Å². The third-order valence-corrected chi connectivity index (χ3v) is 3.39. The van der Waals surface area contributed by atoms with Crippen LogP contribution in [-0.2, 0) is 9.59 Å². The number of ether oxygens (including phenoxy) is 1. The van der Waals surface area contributed by atoms with Gasteiger partial charge in [-0.05, 0) is 38.3 Å². The molecule has 0 saturated carbocycles. The van der Waals surface area contributed by atoms with Gasteiger partial charge in [-0.2, -0.15) is 0 Å². The Morgan fingerprint density at radius 1 is 1.35 bits per heavy atom. The average Bonchev–Trinajstić information content (AvgIpc) is 2.85. The monoisotopic (exact) mass is 275 g/mol. The number of carbonyl (C=O) groups excluding carboxylic acids is 2. The Morgan fingerprint density at radius 2 is 2.20 bits per heavy atom. The number of anilines is 1. The van der Waals surface area contributed by atoms with Gasteiger partial charge in [0.25, 0.3) is 0 Å². The molecule has 20 heavy (non-hydrogen) atoms. The number of rotatable bonds is 7. The molecule has 1 aromatic carbocycles. The van der Waals surface area contributed by atoms with E-state index in [9.17, 15) is 9.59 Å². The minimum Gasteiger partial charge on any atom is -0.494 e. The van der Waals surface area contributed by atoms with Crippen molar-refractivity contribution in [3.63, 3.8) is 0 Å². The Balaban J connectivity index is 1.83. The van der Waals surface area contributed by atoms with Gasteiger partial charge in [-0.1, -0.05) is 6.07 Å². The third-order valence-electron chi connectivity index (χ3n) is 3.39. The summed E-state index contributed by atoms with van der Waals surface area (Å²) in [7, 11) is 0. The Hall–Kier alpha value is -1.84. The molecule has 1 heterocycles. The Morgan fingerprint density at radius 3 is 2.90 bits per heavy atom. The minimum atomic E-state index is 0.184. The third kappa shape index (κ3) is 4.08. The summed E-state index contributed by atoms with van der Waals surface area (Å²) in [5, 5.41) is 0. The van der Waals surface area contributed by atoms with Gasteiger partial charge in [0.1, 0.15) is 11.5 Å². The van der Waals surface area contributed by atoms with Crippen LogP contribution in [0.4, 0.5) is 5.69 Å². The van der Waals surface area contributed by atoms with Crippen molar-refractivity contribution in [2.75, 3.05) is 18.1 Å². The summed E-state index contributed by atoms with van der Waals surface area (Å²) in [6.07, 6.45) is 3.91. The second-order valence-electron chi connectivity index (χ2n) is 5.15. The molecule has 4 nitrogen and oxygen atoms in total. The van der Waals surface area contributed by atoms with Gasteiger partial charge in [-0.3, -0.25) is 4.79 Å². The van der Waals surface area contributed by atoms with Gasteiger partial charge in [0.15, 0.2) is 0 Å². The Labute approximate surface area is 119 Å². The molecule has 0 N–H and O–H groups in total. The summed E-state index contributed by atoms with van der Waals surface area (Å²) in [4.78, 5) is 24.3. The van der Waals surface area contributed by atoms with E-state index < -0.39 is 0 Å². The quantitative estimate of drug-likeness (QED) is 0.719. The van der Waals surface area contributed by atoms with Crippen molar-refractivity contribution in [1.29, 1.82) is 0 Å². The van der Waals surface area contributed by atoms with Crippen LogP contribution in [0.1, 0.15) is 39.0 Å². The lowest BCUT2D eigenvalue weighted by molar-refractivity contribution is -0.117. The van der Waals surface area contributed by atoms with Crippen LogP contribution in [-0.4, -0.2) is 24.8 Å².